The molecule has 7 atom stereocenters. The van der Waals surface area contributed by atoms with E-state index < -0.39 is 29.1 Å². The van der Waals surface area contributed by atoms with Gasteiger partial charge in [0.2, 0.25) is 5.60 Å². The van der Waals surface area contributed by atoms with E-state index >= 15 is 0 Å². The van der Waals surface area contributed by atoms with Crippen LogP contribution in [0.25, 0.3) is 0 Å². The first-order chi connectivity index (χ1) is 14.1. The second-order valence-electron chi connectivity index (χ2n) is 10.5. The van der Waals surface area contributed by atoms with E-state index in [0.717, 1.165) is 24.8 Å². The zero-order valence-corrected chi connectivity index (χ0v) is 18.3. The van der Waals surface area contributed by atoms with E-state index in [1.54, 1.807) is 6.08 Å². The number of hydrogen-bond donors (Lipinski definition) is 2. The van der Waals surface area contributed by atoms with Crippen LogP contribution in [0.2, 0.25) is 0 Å². The molecule has 2 N–H and O–H groups in total. The molecule has 6 nitrogen and oxygen atoms in total. The molecule has 4 rings (SSSR count). The topological polar surface area (TPSA) is 101 Å². The first-order valence-corrected chi connectivity index (χ1v) is 11.5. The molecule has 0 aliphatic heterocycles. The lowest BCUT2D eigenvalue weighted by Gasteiger charge is -2.60. The maximum absolute atomic E-state index is 12.5. The summed E-state index contributed by atoms with van der Waals surface area (Å²) in [5.74, 6) is -1.13. The summed E-state index contributed by atoms with van der Waals surface area (Å²) in [6.07, 6.45) is 6.12. The van der Waals surface area contributed by atoms with Crippen molar-refractivity contribution >= 4 is 17.7 Å². The number of allylic oxidation sites excluding steroid dienone is 1. The van der Waals surface area contributed by atoms with Crippen molar-refractivity contribution in [1.82, 2.24) is 0 Å². The van der Waals surface area contributed by atoms with E-state index in [1.807, 2.05) is 13.8 Å². The number of carbonyl (C=O) groups excluding carboxylic acids is 2. The Morgan fingerprint density at radius 2 is 1.93 bits per heavy atom. The van der Waals surface area contributed by atoms with E-state index in [0.29, 0.717) is 32.1 Å². The van der Waals surface area contributed by atoms with Gasteiger partial charge in [0.1, 0.15) is 0 Å². The fourth-order valence-corrected chi connectivity index (χ4v) is 7.69. The number of aliphatic hydroxyl groups is 1. The van der Waals surface area contributed by atoms with Gasteiger partial charge in [-0.3, -0.25) is 9.59 Å². The quantitative estimate of drug-likeness (QED) is 0.676. The van der Waals surface area contributed by atoms with Crippen molar-refractivity contribution in [2.24, 2.45) is 28.6 Å². The highest BCUT2D eigenvalue weighted by Gasteiger charge is 2.71. The van der Waals surface area contributed by atoms with Gasteiger partial charge >= 0.3 is 11.9 Å². The average molecular weight is 419 g/mol. The SMILES string of the molecule is CCCC(=O)O[C@]1(C(=O)O)CC[C@H]2[C@@H]3CCC4=CC(=O)CC[C@]4(C)[C@H]3[C@@H](O)C[C@@]21C. The molecule has 0 unspecified atom stereocenters. The summed E-state index contributed by atoms with van der Waals surface area (Å²) in [5, 5.41) is 21.6. The van der Waals surface area contributed by atoms with Gasteiger partial charge in [0.05, 0.1) is 6.10 Å². The molecule has 0 heterocycles. The monoisotopic (exact) mass is 418 g/mol. The van der Waals surface area contributed by atoms with E-state index in [2.05, 4.69) is 6.92 Å². The molecule has 0 saturated heterocycles. The highest BCUT2D eigenvalue weighted by atomic mass is 16.6. The van der Waals surface area contributed by atoms with Crippen LogP contribution in [-0.2, 0) is 19.1 Å². The lowest BCUT2D eigenvalue weighted by atomic mass is 9.45. The Labute approximate surface area is 178 Å². The van der Waals surface area contributed by atoms with Crippen LogP contribution in [0.3, 0.4) is 0 Å². The normalized spacial score (nSPS) is 45.1. The van der Waals surface area contributed by atoms with E-state index in [4.69, 9.17) is 4.74 Å². The van der Waals surface area contributed by atoms with Gasteiger partial charge in [-0.1, -0.05) is 26.3 Å². The Hall–Kier alpha value is -1.69. The summed E-state index contributed by atoms with van der Waals surface area (Å²) in [6, 6.07) is 0. The zero-order valence-electron chi connectivity index (χ0n) is 18.3. The predicted octanol–water partition coefficient (Wildman–Crippen LogP) is 3.66. The number of ether oxygens (including phenoxy) is 1. The minimum atomic E-state index is -1.57. The second kappa shape index (κ2) is 7.18. The van der Waals surface area contributed by atoms with Crippen molar-refractivity contribution in [3.05, 3.63) is 11.6 Å². The summed E-state index contributed by atoms with van der Waals surface area (Å²) < 4.78 is 5.74. The number of esters is 1. The maximum atomic E-state index is 12.5. The molecule has 0 amide bonds. The summed E-state index contributed by atoms with van der Waals surface area (Å²) in [4.78, 5) is 36.9. The van der Waals surface area contributed by atoms with Crippen molar-refractivity contribution in [2.45, 2.75) is 90.3 Å². The molecule has 0 aromatic heterocycles. The van der Waals surface area contributed by atoms with Crippen LogP contribution in [0.15, 0.2) is 11.6 Å². The lowest BCUT2D eigenvalue weighted by Crippen LogP contribution is -2.62. The van der Waals surface area contributed by atoms with Crippen molar-refractivity contribution in [3.63, 3.8) is 0 Å². The average Bonchev–Trinajstić information content (AvgIpc) is 2.95. The molecule has 30 heavy (non-hydrogen) atoms. The Morgan fingerprint density at radius 1 is 1.20 bits per heavy atom. The van der Waals surface area contributed by atoms with Crippen LogP contribution in [0.1, 0.15) is 78.6 Å². The summed E-state index contributed by atoms with van der Waals surface area (Å²) in [6.45, 7) is 5.95. The Morgan fingerprint density at radius 3 is 2.60 bits per heavy atom. The summed E-state index contributed by atoms with van der Waals surface area (Å²) >= 11 is 0. The Balaban J connectivity index is 1.71. The molecular weight excluding hydrogens is 384 g/mol. The van der Waals surface area contributed by atoms with Gasteiger partial charge in [0.15, 0.2) is 5.78 Å². The first-order valence-electron chi connectivity index (χ1n) is 11.5. The highest BCUT2D eigenvalue weighted by molar-refractivity contribution is 5.91. The Bertz CT molecular complexity index is 802. The minimum Gasteiger partial charge on any atom is -0.478 e. The third-order valence-electron chi connectivity index (χ3n) is 9.10. The largest absolute Gasteiger partial charge is 0.478 e. The molecule has 4 aliphatic rings. The number of carboxylic acid groups (broad SMARTS) is 1. The van der Waals surface area contributed by atoms with E-state index in [-0.39, 0.29) is 35.4 Å². The van der Waals surface area contributed by atoms with Crippen LogP contribution >= 0.6 is 0 Å². The zero-order chi connectivity index (χ0) is 21.9. The summed E-state index contributed by atoms with van der Waals surface area (Å²) in [5.41, 5.74) is -1.44. The number of hydrogen-bond acceptors (Lipinski definition) is 5. The first kappa shape index (κ1) is 21.5. The van der Waals surface area contributed by atoms with Gasteiger partial charge in [-0.05, 0) is 74.2 Å². The molecule has 0 bridgehead atoms. The van der Waals surface area contributed by atoms with E-state index in [1.165, 1.54) is 0 Å². The molecule has 0 aromatic rings. The molecule has 3 fully saturated rings. The van der Waals surface area contributed by atoms with Crippen molar-refractivity contribution < 1.29 is 29.3 Å². The van der Waals surface area contributed by atoms with Gasteiger partial charge in [-0.2, -0.15) is 0 Å². The van der Waals surface area contributed by atoms with Crippen LogP contribution in [-0.4, -0.2) is 39.6 Å². The van der Waals surface area contributed by atoms with Crippen molar-refractivity contribution in [1.29, 1.82) is 0 Å². The molecule has 0 aromatic carbocycles. The fraction of sp³-hybridized carbons (Fsp3) is 0.792. The molecule has 0 spiro atoms. The standard InChI is InChI=1S/C24H34O6/c1-4-5-19(27)30-24(21(28)29)11-9-17-16-7-6-14-12-15(25)8-10-22(14,2)20(16)18(26)13-23(17,24)3/h12,16-18,20,26H,4-11,13H2,1-3H3,(H,28,29)/t16-,17-,18-,20+,22-,23-,24-/m0/s1. The van der Waals surface area contributed by atoms with Gasteiger partial charge in [-0.25, -0.2) is 4.79 Å². The number of carbonyl (C=O) groups is 3. The molecule has 4 aliphatic carbocycles. The summed E-state index contributed by atoms with van der Waals surface area (Å²) in [7, 11) is 0. The van der Waals surface area contributed by atoms with Gasteiger partial charge in [-0.15, -0.1) is 0 Å². The highest BCUT2D eigenvalue weighted by Crippen LogP contribution is 2.68. The van der Waals surface area contributed by atoms with Gasteiger partial charge < -0.3 is 14.9 Å². The number of ketones is 1. The Kier molecular flexibility index (Phi) is 5.16. The lowest BCUT2D eigenvalue weighted by molar-refractivity contribution is -0.211. The third-order valence-corrected chi connectivity index (χ3v) is 9.10. The second-order valence-corrected chi connectivity index (χ2v) is 10.5. The number of fused-ring (bicyclic) bond motifs is 5. The van der Waals surface area contributed by atoms with Crippen molar-refractivity contribution in [2.75, 3.05) is 0 Å². The number of aliphatic hydroxyl groups excluding tert-OH is 1. The molecule has 166 valence electrons. The van der Waals surface area contributed by atoms with Crippen LogP contribution in [0, 0.1) is 28.6 Å². The van der Waals surface area contributed by atoms with Crippen LogP contribution in [0.5, 0.6) is 0 Å². The predicted molar refractivity (Wildman–Crippen MR) is 109 cm³/mol. The minimum absolute atomic E-state index is 0.0135. The maximum Gasteiger partial charge on any atom is 0.348 e. The number of aliphatic carboxylic acids is 1. The van der Waals surface area contributed by atoms with E-state index in [9.17, 15) is 24.6 Å². The third kappa shape index (κ3) is 2.82. The van der Waals surface area contributed by atoms with Crippen LogP contribution in [0.4, 0.5) is 0 Å². The molecule has 3 saturated carbocycles. The fourth-order valence-electron chi connectivity index (χ4n) is 7.69. The van der Waals surface area contributed by atoms with Gasteiger partial charge in [0.25, 0.3) is 0 Å². The number of rotatable bonds is 4. The van der Waals surface area contributed by atoms with Crippen LogP contribution < -0.4 is 0 Å². The molecule has 0 radical (unpaired) electrons. The smallest absolute Gasteiger partial charge is 0.348 e. The number of carboxylic acids is 1. The van der Waals surface area contributed by atoms with Crippen molar-refractivity contribution in [3.8, 4) is 0 Å². The van der Waals surface area contributed by atoms with Gasteiger partial charge in [0, 0.05) is 18.3 Å². The molecular formula is C24H34O6. The molecule has 6 heteroatoms.